The van der Waals surface area contributed by atoms with Crippen LogP contribution in [0, 0.1) is 5.92 Å². The van der Waals surface area contributed by atoms with Crippen molar-refractivity contribution in [2.75, 3.05) is 0 Å². The minimum absolute atomic E-state index is 0. The summed E-state index contributed by atoms with van der Waals surface area (Å²) in [5.41, 5.74) is -0.767. The Morgan fingerprint density at radius 3 is 1.90 bits per heavy atom. The second kappa shape index (κ2) is 7.74. The van der Waals surface area contributed by atoms with Gasteiger partial charge in [0.25, 0.3) is 0 Å². The molecule has 0 bridgehead atoms. The highest BCUT2D eigenvalue weighted by Gasteiger charge is 2.63. The van der Waals surface area contributed by atoms with E-state index in [-0.39, 0.29) is 27.0 Å². The number of halogens is 4. The van der Waals surface area contributed by atoms with Gasteiger partial charge in [0.15, 0.2) is 0 Å². The van der Waals surface area contributed by atoms with Crippen molar-refractivity contribution >= 4 is 27.0 Å². The van der Waals surface area contributed by atoms with E-state index in [2.05, 4.69) is 0 Å². The summed E-state index contributed by atoms with van der Waals surface area (Å²) < 4.78 is 55.7. The van der Waals surface area contributed by atoms with Gasteiger partial charge in [-0.05, 0) is 18.8 Å². The zero-order valence-electron chi connectivity index (χ0n) is 11.3. The Hall–Kier alpha value is -0.400. The van der Waals surface area contributed by atoms with Gasteiger partial charge in [-0.3, -0.25) is 0 Å². The third-order valence-corrected chi connectivity index (χ3v) is 3.77. The van der Waals surface area contributed by atoms with E-state index in [0.29, 0.717) is 25.7 Å². The molecule has 1 aliphatic carbocycles. The first-order valence-corrected chi connectivity index (χ1v) is 6.36. The molecule has 1 nitrogen and oxygen atoms in total. The van der Waals surface area contributed by atoms with Crippen molar-refractivity contribution in [2.45, 2.75) is 43.6 Å². The summed E-state index contributed by atoms with van der Waals surface area (Å²) in [5, 5.41) is 9.64. The molecule has 0 aliphatic heterocycles. The number of alkyl halides is 4. The molecule has 0 aromatic heterocycles. The minimum atomic E-state index is -4.46. The summed E-state index contributed by atoms with van der Waals surface area (Å²) in [4.78, 5) is 0. The lowest BCUT2D eigenvalue weighted by Gasteiger charge is -2.33. The quantitative estimate of drug-likeness (QED) is 0.812. The molecule has 0 saturated heterocycles. The van der Waals surface area contributed by atoms with Gasteiger partial charge in [0.05, 0.1) is 0 Å². The molecule has 0 radical (unpaired) electrons. The molecule has 0 amide bonds. The monoisotopic (exact) mass is 344 g/mol. The molecule has 122 valence electrons. The Kier molecular flexibility index (Phi) is 7.59. The zero-order valence-corrected chi connectivity index (χ0v) is 13.3. The molecule has 1 atom stereocenters. The summed E-state index contributed by atoms with van der Waals surface area (Å²) in [6, 6.07) is 5.94. The Labute approximate surface area is 135 Å². The first kappa shape index (κ1) is 20.6. The maximum absolute atomic E-state index is 13.9. The molecule has 0 unspecified atom stereocenters. The minimum Gasteiger partial charge on any atom is -0.386 e. The molecule has 2 rings (SSSR count). The molecule has 0 spiro atoms. The van der Waals surface area contributed by atoms with E-state index in [1.807, 2.05) is 0 Å². The van der Waals surface area contributed by atoms with Crippen LogP contribution in [0.1, 0.15) is 31.2 Å². The van der Waals surface area contributed by atoms with Crippen molar-refractivity contribution in [3.05, 3.63) is 35.9 Å². The van der Waals surface area contributed by atoms with Gasteiger partial charge in [-0.25, -0.2) is 0 Å². The van der Waals surface area contributed by atoms with Crippen molar-refractivity contribution in [3.8, 4) is 0 Å². The average Bonchev–Trinajstić information content (AvgIpc) is 2.92. The summed E-state index contributed by atoms with van der Waals surface area (Å²) in [6.07, 6.45) is -0.141. The van der Waals surface area contributed by atoms with Crippen LogP contribution in [0.5, 0.6) is 0 Å². The van der Waals surface area contributed by atoms with Gasteiger partial charge in [-0.2, -0.15) is 44.6 Å². The molecule has 0 heterocycles. The zero-order chi connectivity index (χ0) is 14.1. The second-order valence-electron chi connectivity index (χ2n) is 5.05. The number of aliphatic hydroxyl groups excluding tert-OH is 1. The standard InChI is InChI=1S/C14H16F4O.2H2S/c15-13(16,11-8-2-1-3-9-11)14(17,18)12(19)10-6-4-5-7-10;;/h1-3,8-10,12,19H,4-7H2;2*1H2/t12-;;/m0../s1. The van der Waals surface area contributed by atoms with E-state index in [1.165, 1.54) is 18.2 Å². The van der Waals surface area contributed by atoms with E-state index < -0.39 is 29.4 Å². The smallest absolute Gasteiger partial charge is 0.339 e. The van der Waals surface area contributed by atoms with Crippen LogP contribution < -0.4 is 0 Å². The average molecular weight is 344 g/mol. The Bertz CT molecular complexity index is 422. The van der Waals surface area contributed by atoms with E-state index >= 15 is 0 Å². The van der Waals surface area contributed by atoms with Crippen molar-refractivity contribution < 1.29 is 22.7 Å². The van der Waals surface area contributed by atoms with Crippen LogP contribution in [-0.4, -0.2) is 17.1 Å². The lowest BCUT2D eigenvalue weighted by molar-refractivity contribution is -0.269. The summed E-state index contributed by atoms with van der Waals surface area (Å²) in [5.74, 6) is -9.57. The van der Waals surface area contributed by atoms with Gasteiger partial charge >= 0.3 is 11.8 Å². The molecule has 1 saturated carbocycles. The molecule has 7 heteroatoms. The number of hydrogen-bond donors (Lipinski definition) is 1. The summed E-state index contributed by atoms with van der Waals surface area (Å²) in [7, 11) is 0. The van der Waals surface area contributed by atoms with E-state index in [9.17, 15) is 22.7 Å². The largest absolute Gasteiger partial charge is 0.386 e. The third kappa shape index (κ3) is 3.87. The van der Waals surface area contributed by atoms with E-state index in [4.69, 9.17) is 0 Å². The number of benzene rings is 1. The number of aliphatic hydroxyl groups is 1. The predicted molar refractivity (Wildman–Crippen MR) is 84.0 cm³/mol. The molecule has 21 heavy (non-hydrogen) atoms. The number of hydrogen-bond acceptors (Lipinski definition) is 1. The lowest BCUT2D eigenvalue weighted by Crippen LogP contribution is -2.50. The predicted octanol–water partition coefficient (Wildman–Crippen LogP) is 4.19. The second-order valence-corrected chi connectivity index (χ2v) is 5.05. The van der Waals surface area contributed by atoms with Crippen LogP contribution in [0.4, 0.5) is 17.6 Å². The van der Waals surface area contributed by atoms with Gasteiger partial charge in [0, 0.05) is 5.56 Å². The Morgan fingerprint density at radius 1 is 0.952 bits per heavy atom. The highest BCUT2D eigenvalue weighted by atomic mass is 32.1. The molecule has 1 fully saturated rings. The first-order valence-electron chi connectivity index (χ1n) is 6.36. The van der Waals surface area contributed by atoms with Gasteiger partial charge in [-0.15, -0.1) is 0 Å². The topological polar surface area (TPSA) is 20.2 Å². The van der Waals surface area contributed by atoms with E-state index in [0.717, 1.165) is 12.1 Å². The van der Waals surface area contributed by atoms with Crippen LogP contribution >= 0.6 is 27.0 Å². The van der Waals surface area contributed by atoms with Crippen molar-refractivity contribution in [1.29, 1.82) is 0 Å². The van der Waals surface area contributed by atoms with Gasteiger partial charge in [0.1, 0.15) is 6.10 Å². The SMILES string of the molecule is O[C@@H](C1CCCC1)C(F)(F)C(F)(F)c1ccccc1.S.S. The van der Waals surface area contributed by atoms with Crippen LogP contribution in [0.3, 0.4) is 0 Å². The Balaban J connectivity index is 0.00000200. The van der Waals surface area contributed by atoms with Gasteiger partial charge in [0.2, 0.25) is 0 Å². The molecule has 1 aromatic rings. The molecule has 1 aromatic carbocycles. The fraction of sp³-hybridized carbons (Fsp3) is 0.571. The lowest BCUT2D eigenvalue weighted by atomic mass is 9.89. The van der Waals surface area contributed by atoms with Crippen LogP contribution in [0.15, 0.2) is 30.3 Å². The molecular formula is C14H20F4OS2. The number of rotatable bonds is 4. The fourth-order valence-electron chi connectivity index (χ4n) is 2.59. The van der Waals surface area contributed by atoms with Gasteiger partial charge < -0.3 is 5.11 Å². The maximum Gasteiger partial charge on any atom is 0.339 e. The third-order valence-electron chi connectivity index (χ3n) is 3.77. The maximum atomic E-state index is 13.9. The van der Waals surface area contributed by atoms with Crippen LogP contribution in [-0.2, 0) is 5.92 Å². The normalized spacial score (nSPS) is 17.8. The van der Waals surface area contributed by atoms with Crippen molar-refractivity contribution in [2.24, 2.45) is 5.92 Å². The molecular weight excluding hydrogens is 324 g/mol. The van der Waals surface area contributed by atoms with Crippen LogP contribution in [0.25, 0.3) is 0 Å². The molecule has 1 N–H and O–H groups in total. The van der Waals surface area contributed by atoms with Crippen molar-refractivity contribution in [3.63, 3.8) is 0 Å². The Morgan fingerprint density at radius 2 is 1.43 bits per heavy atom. The van der Waals surface area contributed by atoms with Crippen LogP contribution in [0.2, 0.25) is 0 Å². The highest BCUT2D eigenvalue weighted by Crippen LogP contribution is 2.48. The first-order chi connectivity index (χ1) is 8.87. The molecule has 1 aliphatic rings. The fourth-order valence-corrected chi connectivity index (χ4v) is 2.59. The van der Waals surface area contributed by atoms with E-state index in [1.54, 1.807) is 0 Å². The summed E-state index contributed by atoms with van der Waals surface area (Å²) >= 11 is 0. The summed E-state index contributed by atoms with van der Waals surface area (Å²) in [6.45, 7) is 0. The van der Waals surface area contributed by atoms with Gasteiger partial charge in [-0.1, -0.05) is 43.2 Å². The highest BCUT2D eigenvalue weighted by molar-refractivity contribution is 7.59. The van der Waals surface area contributed by atoms with Crippen molar-refractivity contribution in [1.82, 2.24) is 0 Å².